The van der Waals surface area contributed by atoms with Gasteiger partial charge in [-0.1, -0.05) is 13.8 Å². The molecule has 1 aliphatic heterocycles. The summed E-state index contributed by atoms with van der Waals surface area (Å²) in [6, 6.07) is 10.3. The average molecular weight is 383 g/mol. The molecule has 2 aromatic rings. The summed E-state index contributed by atoms with van der Waals surface area (Å²) in [6.45, 7) is 8.61. The van der Waals surface area contributed by atoms with Crippen LogP contribution in [0.5, 0.6) is 17.2 Å². The molecule has 2 N–H and O–H groups in total. The maximum absolute atomic E-state index is 12.4. The van der Waals surface area contributed by atoms with Crippen LogP contribution in [-0.4, -0.2) is 41.5 Å². The van der Waals surface area contributed by atoms with Crippen LogP contribution in [-0.2, 0) is 6.54 Å². The number of hydrogen-bond donors (Lipinski definition) is 2. The average Bonchev–Trinajstić information content (AvgIpc) is 3.19. The summed E-state index contributed by atoms with van der Waals surface area (Å²) in [5, 5.41) is 14.3. The highest BCUT2D eigenvalue weighted by Gasteiger charge is 2.16. The zero-order valence-corrected chi connectivity index (χ0v) is 16.4. The van der Waals surface area contributed by atoms with E-state index in [0.29, 0.717) is 29.3 Å². The summed E-state index contributed by atoms with van der Waals surface area (Å²) in [6.07, 6.45) is 0. The summed E-state index contributed by atoms with van der Waals surface area (Å²) in [5.74, 6) is 1.10. The third kappa shape index (κ3) is 4.43. The molecule has 3 rings (SSSR count). The lowest BCUT2D eigenvalue weighted by Gasteiger charge is -2.19. The molecule has 0 fully saturated rings. The molecule has 1 amide bonds. The Hall–Kier alpha value is -3.06. The molecule has 28 heavy (non-hydrogen) atoms. The Morgan fingerprint density at radius 1 is 1.11 bits per heavy atom. The van der Waals surface area contributed by atoms with E-state index >= 15 is 0 Å². The third-order valence-electron chi connectivity index (χ3n) is 4.75. The standard InChI is InChI=1S/C21H25N3O4/c1-4-24(5-2)12-17-10-15(6-8-18(17)25)14(3)22-23-21(26)16-7-9-19-20(11-16)28-13-27-19/h6-11,25H,4-5,12-13H2,1-3H3,(H,23,26)/b22-14+. The SMILES string of the molecule is CCN(CC)Cc1cc(/C(C)=N/NC(=O)c2ccc3c(c2)OCO3)ccc1O. The van der Waals surface area contributed by atoms with E-state index in [0.717, 1.165) is 24.2 Å². The van der Waals surface area contributed by atoms with E-state index in [1.807, 2.05) is 13.0 Å². The first kappa shape index (κ1) is 19.7. The largest absolute Gasteiger partial charge is 0.508 e. The number of benzene rings is 2. The number of hydrazone groups is 1. The summed E-state index contributed by atoms with van der Waals surface area (Å²) in [4.78, 5) is 14.6. The smallest absolute Gasteiger partial charge is 0.271 e. The summed E-state index contributed by atoms with van der Waals surface area (Å²) in [5.41, 5.74) is 5.32. The number of rotatable bonds is 7. The number of ether oxygens (including phenoxy) is 2. The van der Waals surface area contributed by atoms with Crippen LogP contribution in [0.3, 0.4) is 0 Å². The first-order chi connectivity index (χ1) is 13.5. The van der Waals surface area contributed by atoms with Crippen LogP contribution >= 0.6 is 0 Å². The fourth-order valence-corrected chi connectivity index (χ4v) is 2.93. The Kier molecular flexibility index (Phi) is 6.16. The van der Waals surface area contributed by atoms with Gasteiger partial charge in [0.1, 0.15) is 5.75 Å². The maximum Gasteiger partial charge on any atom is 0.271 e. The molecule has 1 heterocycles. The van der Waals surface area contributed by atoms with Gasteiger partial charge in [-0.05, 0) is 62.0 Å². The minimum Gasteiger partial charge on any atom is -0.508 e. The van der Waals surface area contributed by atoms with Gasteiger partial charge in [0.25, 0.3) is 5.91 Å². The van der Waals surface area contributed by atoms with Crippen molar-refractivity contribution in [2.24, 2.45) is 5.10 Å². The normalized spacial score (nSPS) is 13.1. The molecular formula is C21H25N3O4. The van der Waals surface area contributed by atoms with Crippen molar-refractivity contribution in [1.82, 2.24) is 10.3 Å². The fourth-order valence-electron chi connectivity index (χ4n) is 2.93. The zero-order valence-electron chi connectivity index (χ0n) is 16.4. The topological polar surface area (TPSA) is 83.4 Å². The number of phenolic OH excluding ortho intramolecular Hbond substituents is 1. The molecule has 0 saturated heterocycles. The Morgan fingerprint density at radius 3 is 2.57 bits per heavy atom. The van der Waals surface area contributed by atoms with Crippen LogP contribution in [0, 0.1) is 0 Å². The van der Waals surface area contributed by atoms with Gasteiger partial charge in [0.15, 0.2) is 11.5 Å². The van der Waals surface area contributed by atoms with Crippen LogP contribution in [0.15, 0.2) is 41.5 Å². The van der Waals surface area contributed by atoms with Gasteiger partial charge in [-0.3, -0.25) is 9.69 Å². The maximum atomic E-state index is 12.4. The van der Waals surface area contributed by atoms with Gasteiger partial charge in [0.05, 0.1) is 5.71 Å². The molecule has 0 unspecified atom stereocenters. The van der Waals surface area contributed by atoms with Gasteiger partial charge in [-0.2, -0.15) is 5.10 Å². The lowest BCUT2D eigenvalue weighted by Crippen LogP contribution is -2.22. The molecule has 1 aliphatic rings. The first-order valence-electron chi connectivity index (χ1n) is 9.30. The molecule has 2 aromatic carbocycles. The number of fused-ring (bicyclic) bond motifs is 1. The van der Waals surface area contributed by atoms with E-state index in [2.05, 4.69) is 29.3 Å². The molecular weight excluding hydrogens is 358 g/mol. The van der Waals surface area contributed by atoms with Gasteiger partial charge in [0, 0.05) is 17.7 Å². The van der Waals surface area contributed by atoms with Gasteiger partial charge < -0.3 is 14.6 Å². The lowest BCUT2D eigenvalue weighted by molar-refractivity contribution is 0.0954. The van der Waals surface area contributed by atoms with Crippen molar-refractivity contribution in [1.29, 1.82) is 0 Å². The fraction of sp³-hybridized carbons (Fsp3) is 0.333. The molecule has 7 heteroatoms. The van der Waals surface area contributed by atoms with Gasteiger partial charge in [-0.15, -0.1) is 0 Å². The number of nitrogens with one attached hydrogen (secondary N) is 1. The van der Waals surface area contributed by atoms with E-state index in [4.69, 9.17) is 9.47 Å². The lowest BCUT2D eigenvalue weighted by atomic mass is 10.1. The molecule has 0 bridgehead atoms. The second-order valence-corrected chi connectivity index (χ2v) is 6.51. The zero-order chi connectivity index (χ0) is 20.1. The van der Waals surface area contributed by atoms with E-state index in [1.54, 1.807) is 30.3 Å². The second kappa shape index (κ2) is 8.75. The van der Waals surface area contributed by atoms with Crippen molar-refractivity contribution >= 4 is 11.6 Å². The van der Waals surface area contributed by atoms with Gasteiger partial charge in [-0.25, -0.2) is 5.43 Å². The first-order valence-corrected chi connectivity index (χ1v) is 9.30. The van der Waals surface area contributed by atoms with Crippen LogP contribution in [0.2, 0.25) is 0 Å². The van der Waals surface area contributed by atoms with Crippen molar-refractivity contribution in [3.05, 3.63) is 53.1 Å². The highest BCUT2D eigenvalue weighted by molar-refractivity contribution is 6.01. The summed E-state index contributed by atoms with van der Waals surface area (Å²) in [7, 11) is 0. The molecule has 0 radical (unpaired) electrons. The van der Waals surface area contributed by atoms with Crippen molar-refractivity contribution in [2.45, 2.75) is 27.3 Å². The number of hydrogen-bond acceptors (Lipinski definition) is 6. The molecule has 0 atom stereocenters. The van der Waals surface area contributed by atoms with Crippen molar-refractivity contribution in [3.63, 3.8) is 0 Å². The predicted molar refractivity (Wildman–Crippen MR) is 107 cm³/mol. The number of nitrogens with zero attached hydrogens (tertiary/aromatic N) is 2. The van der Waals surface area contributed by atoms with Crippen molar-refractivity contribution < 1.29 is 19.4 Å². The van der Waals surface area contributed by atoms with Crippen molar-refractivity contribution in [2.75, 3.05) is 19.9 Å². The molecule has 7 nitrogen and oxygen atoms in total. The van der Waals surface area contributed by atoms with E-state index in [-0.39, 0.29) is 18.4 Å². The Bertz CT molecular complexity index is 891. The van der Waals surface area contributed by atoms with Crippen LogP contribution in [0.1, 0.15) is 42.3 Å². The minimum absolute atomic E-state index is 0.161. The Balaban J connectivity index is 1.71. The molecule has 0 saturated carbocycles. The predicted octanol–water partition coefficient (Wildman–Crippen LogP) is 3.12. The quantitative estimate of drug-likeness (QED) is 0.567. The number of phenols is 1. The summed E-state index contributed by atoms with van der Waals surface area (Å²) >= 11 is 0. The highest BCUT2D eigenvalue weighted by Crippen LogP contribution is 2.32. The Labute approximate surface area is 164 Å². The van der Waals surface area contributed by atoms with Crippen molar-refractivity contribution in [3.8, 4) is 17.2 Å². The monoisotopic (exact) mass is 383 g/mol. The second-order valence-electron chi connectivity index (χ2n) is 6.51. The number of aromatic hydroxyl groups is 1. The minimum atomic E-state index is -0.334. The van der Waals surface area contributed by atoms with Crippen LogP contribution in [0.4, 0.5) is 0 Å². The van der Waals surface area contributed by atoms with E-state index < -0.39 is 0 Å². The number of carbonyl (C=O) groups is 1. The molecule has 0 spiro atoms. The van der Waals surface area contributed by atoms with Crippen LogP contribution in [0.25, 0.3) is 0 Å². The summed E-state index contributed by atoms with van der Waals surface area (Å²) < 4.78 is 10.5. The Morgan fingerprint density at radius 2 is 1.82 bits per heavy atom. The molecule has 0 aromatic heterocycles. The van der Waals surface area contributed by atoms with Gasteiger partial charge in [0.2, 0.25) is 6.79 Å². The highest BCUT2D eigenvalue weighted by atomic mass is 16.7. The number of amides is 1. The molecule has 148 valence electrons. The number of carbonyl (C=O) groups excluding carboxylic acids is 1. The van der Waals surface area contributed by atoms with Crippen LogP contribution < -0.4 is 14.9 Å². The van der Waals surface area contributed by atoms with Gasteiger partial charge >= 0.3 is 0 Å². The van der Waals surface area contributed by atoms with E-state index in [9.17, 15) is 9.90 Å². The third-order valence-corrected chi connectivity index (χ3v) is 4.75. The van der Waals surface area contributed by atoms with E-state index in [1.165, 1.54) is 0 Å². The molecule has 0 aliphatic carbocycles.